The molecule has 0 unspecified atom stereocenters. The molecule has 3 rings (SSSR count). The van der Waals surface area contributed by atoms with Crippen LogP contribution in [0, 0.1) is 5.82 Å². The van der Waals surface area contributed by atoms with E-state index in [0.29, 0.717) is 18.2 Å². The molecule has 152 valence electrons. The molecule has 0 spiro atoms. The van der Waals surface area contributed by atoms with Crippen molar-refractivity contribution in [2.24, 2.45) is 0 Å². The minimum atomic E-state index is -4.80. The summed E-state index contributed by atoms with van der Waals surface area (Å²) in [5.41, 5.74) is -2.55. The minimum absolute atomic E-state index is 0.0134. The van der Waals surface area contributed by atoms with Crippen LogP contribution in [0.25, 0.3) is 0 Å². The summed E-state index contributed by atoms with van der Waals surface area (Å²) in [6.07, 6.45) is -5.28. The molecule has 2 heterocycles. The van der Waals surface area contributed by atoms with E-state index in [4.69, 9.17) is 4.52 Å². The number of aromatic nitrogens is 1. The van der Waals surface area contributed by atoms with Gasteiger partial charge in [0, 0.05) is 24.1 Å². The fraction of sp³-hybridized carbons (Fsp3) is 0.444. The van der Waals surface area contributed by atoms with Crippen LogP contribution in [0.15, 0.2) is 33.6 Å². The number of rotatable bonds is 3. The zero-order valence-corrected chi connectivity index (χ0v) is 14.8. The topological polar surface area (TPSA) is 86.5 Å². The summed E-state index contributed by atoms with van der Waals surface area (Å²) in [6, 6.07) is 3.88. The van der Waals surface area contributed by atoms with E-state index in [0.717, 1.165) is 12.1 Å². The number of likely N-dealkylation sites (tertiary alicyclic amines) is 1. The molecule has 1 fully saturated rings. The summed E-state index contributed by atoms with van der Waals surface area (Å²) < 4.78 is 57.3. The van der Waals surface area contributed by atoms with Crippen molar-refractivity contribution in [1.29, 1.82) is 0 Å². The molecule has 2 atom stereocenters. The van der Waals surface area contributed by atoms with Gasteiger partial charge in [0.2, 0.25) is 0 Å². The molecular weight excluding hydrogens is 384 g/mol. The van der Waals surface area contributed by atoms with E-state index in [1.165, 1.54) is 11.0 Å². The molecule has 1 amide bonds. The third kappa shape index (κ3) is 3.90. The van der Waals surface area contributed by atoms with E-state index in [1.807, 2.05) is 0 Å². The molecule has 6 nitrogen and oxygen atoms in total. The Bertz CT molecular complexity index is 936. The molecule has 0 bridgehead atoms. The Labute approximate surface area is 156 Å². The van der Waals surface area contributed by atoms with Gasteiger partial charge < -0.3 is 14.5 Å². The fourth-order valence-corrected chi connectivity index (χ4v) is 3.87. The Morgan fingerprint density at radius 1 is 1.39 bits per heavy atom. The van der Waals surface area contributed by atoms with Crippen LogP contribution in [-0.2, 0) is 12.6 Å². The number of amides is 1. The first-order valence-electron chi connectivity index (χ1n) is 8.54. The standard InChI is InChI=1S/C18H18F4N2O4/c1-17(8-10-2-3-12(13(19)6-10)18(20,21)22)9-11(4-5-24(17)16(26)27)14-7-15(25)23-28-14/h2-3,6-7,11H,4-5,8-9H2,1H3,(H,23,25)(H,26,27)/t11-,17-/m0/s1. The highest BCUT2D eigenvalue weighted by Gasteiger charge is 2.43. The van der Waals surface area contributed by atoms with Gasteiger partial charge >= 0.3 is 12.3 Å². The summed E-state index contributed by atoms with van der Waals surface area (Å²) in [6.45, 7) is 1.79. The molecule has 0 aliphatic carbocycles. The van der Waals surface area contributed by atoms with E-state index in [1.54, 1.807) is 6.92 Å². The smallest absolute Gasteiger partial charge is 0.419 e. The number of nitrogens with zero attached hydrogens (tertiary/aromatic N) is 1. The highest BCUT2D eigenvalue weighted by molar-refractivity contribution is 5.66. The molecule has 1 aliphatic rings. The lowest BCUT2D eigenvalue weighted by Crippen LogP contribution is -2.55. The monoisotopic (exact) mass is 402 g/mol. The number of aromatic amines is 1. The van der Waals surface area contributed by atoms with Crippen LogP contribution in [0.2, 0.25) is 0 Å². The van der Waals surface area contributed by atoms with E-state index in [9.17, 15) is 32.3 Å². The number of hydrogen-bond acceptors (Lipinski definition) is 3. The summed E-state index contributed by atoms with van der Waals surface area (Å²) >= 11 is 0. The molecule has 1 saturated heterocycles. The van der Waals surface area contributed by atoms with E-state index in [2.05, 4.69) is 5.16 Å². The normalized spacial score (nSPS) is 23.0. The summed E-state index contributed by atoms with van der Waals surface area (Å²) in [5.74, 6) is -1.27. The second-order valence-corrected chi connectivity index (χ2v) is 7.22. The van der Waals surface area contributed by atoms with Crippen LogP contribution in [0.4, 0.5) is 22.4 Å². The highest BCUT2D eigenvalue weighted by atomic mass is 19.4. The van der Waals surface area contributed by atoms with Crippen LogP contribution >= 0.6 is 0 Å². The van der Waals surface area contributed by atoms with Crippen molar-refractivity contribution in [1.82, 2.24) is 10.1 Å². The number of carboxylic acid groups (broad SMARTS) is 1. The lowest BCUT2D eigenvalue weighted by molar-refractivity contribution is -0.140. The van der Waals surface area contributed by atoms with Gasteiger partial charge in [0.05, 0.1) is 5.56 Å². The molecule has 2 aromatic rings. The van der Waals surface area contributed by atoms with Gasteiger partial charge in [-0.1, -0.05) is 6.07 Å². The number of H-pyrrole nitrogens is 1. The summed E-state index contributed by atoms with van der Waals surface area (Å²) in [7, 11) is 0. The molecular formula is C18H18F4N2O4. The third-order valence-corrected chi connectivity index (χ3v) is 5.14. The molecule has 1 aromatic heterocycles. The first-order valence-corrected chi connectivity index (χ1v) is 8.54. The largest absolute Gasteiger partial charge is 0.465 e. The number of piperidine rings is 1. The van der Waals surface area contributed by atoms with Crippen LogP contribution < -0.4 is 5.56 Å². The molecule has 2 N–H and O–H groups in total. The Kier molecular flexibility index (Phi) is 4.99. The lowest BCUT2D eigenvalue weighted by Gasteiger charge is -2.46. The molecule has 28 heavy (non-hydrogen) atoms. The van der Waals surface area contributed by atoms with Gasteiger partial charge in [-0.15, -0.1) is 0 Å². The van der Waals surface area contributed by atoms with Crippen molar-refractivity contribution in [3.05, 3.63) is 57.3 Å². The van der Waals surface area contributed by atoms with Gasteiger partial charge in [0.15, 0.2) is 0 Å². The number of benzene rings is 1. The number of hydrogen-bond donors (Lipinski definition) is 2. The van der Waals surface area contributed by atoms with Crippen molar-refractivity contribution in [3.8, 4) is 0 Å². The zero-order chi connectivity index (χ0) is 20.7. The van der Waals surface area contributed by atoms with Crippen LogP contribution in [-0.4, -0.2) is 33.3 Å². The highest BCUT2D eigenvalue weighted by Crippen LogP contribution is 2.40. The minimum Gasteiger partial charge on any atom is -0.465 e. The maximum Gasteiger partial charge on any atom is 0.419 e. The first kappa shape index (κ1) is 20.0. The SMILES string of the molecule is C[C@]1(Cc2ccc(C(F)(F)F)c(F)c2)C[C@@H](c2cc(=O)[nH]o2)CCN1C(=O)O. The first-order chi connectivity index (χ1) is 13.0. The molecule has 1 aliphatic heterocycles. The maximum absolute atomic E-state index is 13.9. The van der Waals surface area contributed by atoms with Crippen LogP contribution in [0.3, 0.4) is 0 Å². The zero-order valence-electron chi connectivity index (χ0n) is 14.8. The van der Waals surface area contributed by atoms with E-state index >= 15 is 0 Å². The van der Waals surface area contributed by atoms with Gasteiger partial charge in [0.1, 0.15) is 11.6 Å². The Morgan fingerprint density at radius 3 is 2.64 bits per heavy atom. The predicted molar refractivity (Wildman–Crippen MR) is 89.5 cm³/mol. The fourth-order valence-electron chi connectivity index (χ4n) is 3.87. The second kappa shape index (κ2) is 6.99. The van der Waals surface area contributed by atoms with E-state index < -0.39 is 34.7 Å². The quantitative estimate of drug-likeness (QED) is 0.761. The Morgan fingerprint density at radius 2 is 2.11 bits per heavy atom. The van der Waals surface area contributed by atoms with Gasteiger partial charge in [-0.3, -0.25) is 4.79 Å². The Balaban J connectivity index is 1.90. The molecule has 1 aromatic carbocycles. The van der Waals surface area contributed by atoms with Gasteiger partial charge in [-0.25, -0.2) is 9.18 Å². The van der Waals surface area contributed by atoms with Crippen molar-refractivity contribution >= 4 is 6.09 Å². The second-order valence-electron chi connectivity index (χ2n) is 7.22. The number of halogens is 4. The number of carbonyl (C=O) groups is 1. The van der Waals surface area contributed by atoms with Crippen molar-refractivity contribution < 1.29 is 32.0 Å². The molecule has 0 radical (unpaired) electrons. The lowest BCUT2D eigenvalue weighted by atomic mass is 9.77. The Hall–Kier alpha value is -2.78. The summed E-state index contributed by atoms with van der Waals surface area (Å²) in [4.78, 5) is 24.2. The van der Waals surface area contributed by atoms with Crippen LogP contribution in [0.5, 0.6) is 0 Å². The maximum atomic E-state index is 13.9. The summed E-state index contributed by atoms with van der Waals surface area (Å²) in [5, 5.41) is 11.7. The van der Waals surface area contributed by atoms with Gasteiger partial charge in [0.25, 0.3) is 5.56 Å². The third-order valence-electron chi connectivity index (χ3n) is 5.14. The van der Waals surface area contributed by atoms with Crippen molar-refractivity contribution in [3.63, 3.8) is 0 Å². The van der Waals surface area contributed by atoms with Crippen LogP contribution in [0.1, 0.15) is 42.6 Å². The van der Waals surface area contributed by atoms with Gasteiger partial charge in [-0.2, -0.15) is 18.3 Å². The van der Waals surface area contributed by atoms with E-state index in [-0.39, 0.29) is 30.9 Å². The van der Waals surface area contributed by atoms with Gasteiger partial charge in [-0.05, 0) is 43.9 Å². The average molecular weight is 402 g/mol. The predicted octanol–water partition coefficient (Wildman–Crippen LogP) is 3.98. The number of nitrogens with one attached hydrogen (secondary N) is 1. The number of alkyl halides is 3. The van der Waals surface area contributed by atoms with Crippen molar-refractivity contribution in [2.45, 2.75) is 43.8 Å². The molecule has 0 saturated carbocycles. The average Bonchev–Trinajstić information content (AvgIpc) is 2.99. The van der Waals surface area contributed by atoms with Crippen molar-refractivity contribution in [2.75, 3.05) is 6.54 Å². The molecule has 10 heteroatoms.